The highest BCUT2D eigenvalue weighted by Gasteiger charge is 2.38. The third-order valence-electron chi connectivity index (χ3n) is 9.08. The molecule has 8 nitrogen and oxygen atoms in total. The van der Waals surface area contributed by atoms with Crippen molar-refractivity contribution in [2.45, 2.75) is 83.3 Å². The highest BCUT2D eigenvalue weighted by atomic mass is 16.6. The van der Waals surface area contributed by atoms with Crippen molar-refractivity contribution in [3.05, 3.63) is 114 Å². The SMILES string of the molecule is CC(C)(C)OC(=O)N1CCN(C(=O)c2ncn([C@H]3CCCC[C@@H]3OCc3ccccc3)c2-c2ccccc2)[C@H](Cc2ccccc2)C1. The van der Waals surface area contributed by atoms with Crippen LogP contribution in [0.2, 0.25) is 0 Å². The van der Waals surface area contributed by atoms with E-state index in [9.17, 15) is 9.59 Å². The van der Waals surface area contributed by atoms with Gasteiger partial charge < -0.3 is 23.8 Å². The van der Waals surface area contributed by atoms with Gasteiger partial charge in [0.15, 0.2) is 5.69 Å². The average Bonchev–Trinajstić information content (AvgIpc) is 3.53. The Morgan fingerprint density at radius 1 is 0.830 bits per heavy atom. The van der Waals surface area contributed by atoms with E-state index in [0.717, 1.165) is 48.1 Å². The fraction of sp³-hybridized carbons (Fsp3) is 0.410. The number of nitrogens with zero attached hydrogens (tertiary/aromatic N) is 4. The predicted octanol–water partition coefficient (Wildman–Crippen LogP) is 7.55. The van der Waals surface area contributed by atoms with Crippen molar-refractivity contribution in [3.8, 4) is 11.3 Å². The number of carbonyl (C=O) groups is 2. The summed E-state index contributed by atoms with van der Waals surface area (Å²) in [5, 5.41) is 0. The summed E-state index contributed by atoms with van der Waals surface area (Å²) in [4.78, 5) is 36.3. The molecule has 2 amide bonds. The number of carbonyl (C=O) groups excluding carboxylic acids is 2. The summed E-state index contributed by atoms with van der Waals surface area (Å²) < 4.78 is 14.5. The molecular formula is C39H46N4O4. The molecule has 8 heteroatoms. The summed E-state index contributed by atoms with van der Waals surface area (Å²) in [6, 6.07) is 30.3. The van der Waals surface area contributed by atoms with Crippen molar-refractivity contribution in [1.29, 1.82) is 0 Å². The number of hydrogen-bond donors (Lipinski definition) is 0. The molecule has 0 bridgehead atoms. The molecule has 0 N–H and O–H groups in total. The third kappa shape index (κ3) is 7.93. The molecule has 3 aromatic carbocycles. The maximum Gasteiger partial charge on any atom is 0.410 e. The first-order valence-electron chi connectivity index (χ1n) is 16.9. The first kappa shape index (κ1) is 32.5. The normalized spacial score (nSPS) is 20.2. The largest absolute Gasteiger partial charge is 0.444 e. The van der Waals surface area contributed by atoms with Gasteiger partial charge in [-0.3, -0.25) is 4.79 Å². The number of imidazole rings is 1. The third-order valence-corrected chi connectivity index (χ3v) is 9.08. The van der Waals surface area contributed by atoms with E-state index in [1.165, 1.54) is 0 Å². The van der Waals surface area contributed by atoms with Crippen LogP contribution in [0.4, 0.5) is 4.79 Å². The number of amides is 2. The van der Waals surface area contributed by atoms with Crippen molar-refractivity contribution in [2.75, 3.05) is 19.6 Å². The first-order valence-corrected chi connectivity index (χ1v) is 16.9. The standard InChI is InChI=1S/C39H46N4O4/c1-39(2,3)47-38(45)41-23-24-42(32(26-41)25-29-15-7-4-8-16-29)37(44)35-36(31-19-11-6-12-20-31)43(28-40-35)33-21-13-14-22-34(33)46-27-30-17-9-5-10-18-30/h4-12,15-20,28,32-34H,13-14,21-27H2,1-3H3/t32-,33+,34+/m1/s1. The van der Waals surface area contributed by atoms with Gasteiger partial charge in [-0.25, -0.2) is 9.78 Å². The van der Waals surface area contributed by atoms with Crippen molar-refractivity contribution < 1.29 is 19.1 Å². The molecular weight excluding hydrogens is 588 g/mol. The zero-order valence-corrected chi connectivity index (χ0v) is 27.8. The molecule has 2 fully saturated rings. The van der Waals surface area contributed by atoms with E-state index in [2.05, 4.69) is 41.0 Å². The van der Waals surface area contributed by atoms with Crippen LogP contribution < -0.4 is 0 Å². The summed E-state index contributed by atoms with van der Waals surface area (Å²) in [5.74, 6) is -0.120. The number of hydrogen-bond acceptors (Lipinski definition) is 5. The van der Waals surface area contributed by atoms with E-state index in [4.69, 9.17) is 14.5 Å². The van der Waals surface area contributed by atoms with Gasteiger partial charge in [0.25, 0.3) is 5.91 Å². The molecule has 246 valence electrons. The molecule has 1 saturated heterocycles. The van der Waals surface area contributed by atoms with Crippen LogP contribution in [0.15, 0.2) is 97.3 Å². The fourth-order valence-corrected chi connectivity index (χ4v) is 6.83. The highest BCUT2D eigenvalue weighted by molar-refractivity contribution is 5.98. The van der Waals surface area contributed by atoms with Crippen LogP contribution in [0, 0.1) is 0 Å². The Hall–Kier alpha value is -4.43. The van der Waals surface area contributed by atoms with Gasteiger partial charge in [-0.05, 0) is 51.2 Å². The first-order chi connectivity index (χ1) is 22.8. The smallest absolute Gasteiger partial charge is 0.410 e. The Kier molecular flexibility index (Phi) is 10.1. The lowest BCUT2D eigenvalue weighted by Gasteiger charge is -2.41. The van der Waals surface area contributed by atoms with Gasteiger partial charge in [0.1, 0.15) is 5.60 Å². The van der Waals surface area contributed by atoms with Crippen LogP contribution in [0.25, 0.3) is 11.3 Å². The van der Waals surface area contributed by atoms with Gasteiger partial charge in [0.2, 0.25) is 0 Å². The van der Waals surface area contributed by atoms with Gasteiger partial charge in [-0.2, -0.15) is 0 Å². The van der Waals surface area contributed by atoms with Gasteiger partial charge >= 0.3 is 6.09 Å². The number of aromatic nitrogens is 2. The Morgan fingerprint density at radius 3 is 2.15 bits per heavy atom. The van der Waals surface area contributed by atoms with Gasteiger partial charge in [0, 0.05) is 25.2 Å². The molecule has 0 radical (unpaired) electrons. The van der Waals surface area contributed by atoms with E-state index in [-0.39, 0.29) is 30.2 Å². The van der Waals surface area contributed by atoms with Crippen molar-refractivity contribution >= 4 is 12.0 Å². The molecule has 1 aromatic heterocycles. The lowest BCUT2D eigenvalue weighted by molar-refractivity contribution is -0.0159. The van der Waals surface area contributed by atoms with E-state index < -0.39 is 5.60 Å². The average molecular weight is 635 g/mol. The fourth-order valence-electron chi connectivity index (χ4n) is 6.83. The lowest BCUT2D eigenvalue weighted by Crippen LogP contribution is -2.58. The molecule has 6 rings (SSSR count). The highest BCUT2D eigenvalue weighted by Crippen LogP contribution is 2.37. The maximum atomic E-state index is 14.7. The second kappa shape index (κ2) is 14.6. The monoisotopic (exact) mass is 634 g/mol. The number of piperazine rings is 1. The number of ether oxygens (including phenoxy) is 2. The van der Waals surface area contributed by atoms with E-state index >= 15 is 0 Å². The minimum atomic E-state index is -0.599. The van der Waals surface area contributed by atoms with Crippen LogP contribution in [0.3, 0.4) is 0 Å². The van der Waals surface area contributed by atoms with Crippen LogP contribution >= 0.6 is 0 Å². The quantitative estimate of drug-likeness (QED) is 0.200. The van der Waals surface area contributed by atoms with Crippen molar-refractivity contribution in [1.82, 2.24) is 19.4 Å². The number of benzene rings is 3. The van der Waals surface area contributed by atoms with Gasteiger partial charge in [-0.1, -0.05) is 104 Å². The molecule has 2 aliphatic rings. The summed E-state index contributed by atoms with van der Waals surface area (Å²) in [5.41, 5.74) is 3.87. The lowest BCUT2D eigenvalue weighted by atomic mass is 9.91. The molecule has 1 aliphatic carbocycles. The number of rotatable bonds is 8. The maximum absolute atomic E-state index is 14.7. The minimum Gasteiger partial charge on any atom is -0.444 e. The second-order valence-electron chi connectivity index (χ2n) is 13.7. The van der Waals surface area contributed by atoms with Gasteiger partial charge in [0.05, 0.1) is 36.8 Å². The van der Waals surface area contributed by atoms with E-state index in [0.29, 0.717) is 38.4 Å². The van der Waals surface area contributed by atoms with Gasteiger partial charge in [-0.15, -0.1) is 0 Å². The Labute approximate surface area is 278 Å². The Morgan fingerprint density at radius 2 is 1.47 bits per heavy atom. The second-order valence-corrected chi connectivity index (χ2v) is 13.7. The molecule has 2 heterocycles. The van der Waals surface area contributed by atoms with E-state index in [1.54, 1.807) is 4.90 Å². The zero-order chi connectivity index (χ0) is 32.8. The summed E-state index contributed by atoms with van der Waals surface area (Å²) in [7, 11) is 0. The summed E-state index contributed by atoms with van der Waals surface area (Å²) in [6.45, 7) is 7.33. The van der Waals surface area contributed by atoms with Crippen LogP contribution in [-0.2, 0) is 22.5 Å². The molecule has 47 heavy (non-hydrogen) atoms. The predicted molar refractivity (Wildman–Crippen MR) is 183 cm³/mol. The van der Waals surface area contributed by atoms with Crippen LogP contribution in [0.5, 0.6) is 0 Å². The summed E-state index contributed by atoms with van der Waals surface area (Å²) in [6.07, 6.45) is 6.23. The topological polar surface area (TPSA) is 76.9 Å². The van der Waals surface area contributed by atoms with Crippen LogP contribution in [-0.4, -0.2) is 68.7 Å². The zero-order valence-electron chi connectivity index (χ0n) is 27.8. The molecule has 3 atom stereocenters. The minimum absolute atomic E-state index is 0.00627. The molecule has 1 saturated carbocycles. The Balaban J connectivity index is 1.31. The molecule has 0 spiro atoms. The van der Waals surface area contributed by atoms with Crippen molar-refractivity contribution in [3.63, 3.8) is 0 Å². The molecule has 4 aromatic rings. The molecule has 0 unspecified atom stereocenters. The molecule has 1 aliphatic heterocycles. The Bertz CT molecular complexity index is 1620. The van der Waals surface area contributed by atoms with E-state index in [1.807, 2.05) is 86.6 Å². The van der Waals surface area contributed by atoms with Crippen molar-refractivity contribution in [2.24, 2.45) is 0 Å². The summed E-state index contributed by atoms with van der Waals surface area (Å²) >= 11 is 0. The van der Waals surface area contributed by atoms with Crippen LogP contribution in [0.1, 0.15) is 74.1 Å².